The van der Waals surface area contributed by atoms with Crippen LogP contribution in [0.5, 0.6) is 0 Å². The van der Waals surface area contributed by atoms with Gasteiger partial charge in [0.25, 0.3) is 0 Å². The summed E-state index contributed by atoms with van der Waals surface area (Å²) in [4.78, 5) is 29.5. The fraction of sp³-hybridized carbons (Fsp3) is 0.188. The van der Waals surface area contributed by atoms with Gasteiger partial charge in [-0.2, -0.15) is 0 Å². The van der Waals surface area contributed by atoms with Crippen LogP contribution in [0.25, 0.3) is 16.2 Å². The van der Waals surface area contributed by atoms with Gasteiger partial charge in [0.1, 0.15) is 11.8 Å². The molecule has 4 rings (SSSR count). The number of hydrogen-bond donors (Lipinski definition) is 0. The number of halogens is 1. The van der Waals surface area contributed by atoms with E-state index in [2.05, 4.69) is 4.98 Å². The number of hydrogen-bond acceptors (Lipinski definition) is 4. The van der Waals surface area contributed by atoms with Crippen molar-refractivity contribution in [2.24, 2.45) is 0 Å². The van der Waals surface area contributed by atoms with Crippen LogP contribution in [0, 0.1) is 0 Å². The molecule has 1 fully saturated rings. The third-order valence-corrected chi connectivity index (χ3v) is 4.92. The Morgan fingerprint density at radius 1 is 1.30 bits per heavy atom. The molecule has 0 radical (unpaired) electrons. The normalized spacial score (nSPS) is 19.7. The maximum atomic E-state index is 13.3. The number of nitrogens with zero attached hydrogens (tertiary/aromatic N) is 3. The first-order valence-electron chi connectivity index (χ1n) is 7.12. The fourth-order valence-corrected chi connectivity index (χ4v) is 3.46. The van der Waals surface area contributed by atoms with Gasteiger partial charge in [-0.05, 0) is 24.3 Å². The van der Waals surface area contributed by atoms with Gasteiger partial charge < -0.3 is 0 Å². The number of aldehydes is 1. The summed E-state index contributed by atoms with van der Waals surface area (Å²) >= 11 is 1.38. The number of imidazole rings is 1. The van der Waals surface area contributed by atoms with Crippen molar-refractivity contribution in [2.45, 2.75) is 18.6 Å². The summed E-state index contributed by atoms with van der Waals surface area (Å²) in [6, 6.07) is 8.83. The van der Waals surface area contributed by atoms with Crippen molar-refractivity contribution >= 4 is 35.5 Å². The number of amides is 1. The van der Waals surface area contributed by atoms with Gasteiger partial charge in [-0.15, -0.1) is 11.3 Å². The lowest BCUT2D eigenvalue weighted by molar-refractivity contribution is -0.107. The molecular weight excluding hydrogens is 317 g/mol. The third-order valence-electron chi connectivity index (χ3n) is 3.89. The van der Waals surface area contributed by atoms with Crippen molar-refractivity contribution in [3.8, 4) is 10.6 Å². The van der Waals surface area contributed by atoms with Gasteiger partial charge in [0.05, 0.1) is 27.7 Å². The molecule has 0 spiro atoms. The lowest BCUT2D eigenvalue weighted by Crippen LogP contribution is -2.25. The van der Waals surface area contributed by atoms with E-state index in [1.165, 1.54) is 16.2 Å². The second kappa shape index (κ2) is 5.27. The molecule has 1 amide bonds. The van der Waals surface area contributed by atoms with E-state index in [0.717, 1.165) is 16.9 Å². The molecule has 0 bridgehead atoms. The summed E-state index contributed by atoms with van der Waals surface area (Å²) in [5, 5.41) is 0. The number of rotatable bonds is 5. The van der Waals surface area contributed by atoms with Crippen molar-refractivity contribution < 1.29 is 14.0 Å². The first-order valence-corrected chi connectivity index (χ1v) is 7.94. The van der Waals surface area contributed by atoms with Gasteiger partial charge in [0.2, 0.25) is 6.41 Å². The minimum absolute atomic E-state index is 0.354. The van der Waals surface area contributed by atoms with Crippen molar-refractivity contribution in [1.29, 1.82) is 0 Å². The molecule has 3 aromatic heterocycles. The molecule has 7 heteroatoms. The number of thiophene rings is 1. The van der Waals surface area contributed by atoms with Crippen LogP contribution in [-0.2, 0) is 4.79 Å². The van der Waals surface area contributed by atoms with Crippen LogP contribution in [0.2, 0.25) is 0 Å². The number of carbonyl (C=O) groups is 2. The molecule has 0 N–H and O–H groups in total. The van der Waals surface area contributed by atoms with Gasteiger partial charge in [-0.1, -0.05) is 6.07 Å². The number of anilines is 1. The maximum absolute atomic E-state index is 13.3. The van der Waals surface area contributed by atoms with Gasteiger partial charge in [-0.3, -0.25) is 18.9 Å². The highest BCUT2D eigenvalue weighted by Gasteiger charge is 2.43. The first kappa shape index (κ1) is 14.1. The monoisotopic (exact) mass is 329 g/mol. The zero-order chi connectivity index (χ0) is 16.0. The number of pyridine rings is 1. The van der Waals surface area contributed by atoms with E-state index in [1.807, 2.05) is 28.7 Å². The smallest absolute Gasteiger partial charge is 0.215 e. The fourth-order valence-electron chi connectivity index (χ4n) is 2.62. The Labute approximate surface area is 135 Å². The lowest BCUT2D eigenvalue weighted by atomic mass is 10.3. The van der Waals surface area contributed by atoms with Gasteiger partial charge in [0.15, 0.2) is 12.1 Å². The molecule has 0 aliphatic heterocycles. The summed E-state index contributed by atoms with van der Waals surface area (Å²) in [5.74, 6) is 0.435. The molecule has 0 saturated heterocycles. The number of aromatic nitrogens is 2. The predicted octanol–water partition coefficient (Wildman–Crippen LogP) is 2.95. The molecule has 1 saturated carbocycles. The topological polar surface area (TPSA) is 54.7 Å². The van der Waals surface area contributed by atoms with Crippen LogP contribution < -0.4 is 4.90 Å². The molecule has 3 aromatic rings. The SMILES string of the molecule is O=Cc1ccc(-c2cccc3nc(N(C=O)[C@@H]4C[C@H]4F)cn23)s1. The molecule has 1 aliphatic carbocycles. The van der Waals surface area contributed by atoms with Crippen molar-refractivity contribution in [2.75, 3.05) is 4.90 Å². The zero-order valence-electron chi connectivity index (χ0n) is 11.9. The highest BCUT2D eigenvalue weighted by atomic mass is 32.1. The van der Waals surface area contributed by atoms with Crippen LogP contribution in [0.3, 0.4) is 0 Å². The molecular formula is C16H12FN3O2S. The zero-order valence-corrected chi connectivity index (χ0v) is 12.7. The summed E-state index contributed by atoms with van der Waals surface area (Å²) < 4.78 is 15.1. The van der Waals surface area contributed by atoms with Crippen molar-refractivity contribution in [3.05, 3.63) is 41.4 Å². The average Bonchev–Trinajstić information content (AvgIpc) is 2.98. The standard InChI is InChI=1S/C16H12FN3O2S/c17-11-6-13(11)20(9-22)16-7-19-12(2-1-3-15(19)18-16)14-5-4-10(8-21)23-14/h1-5,7-9,11,13H,6H2/t11-,13-/m1/s1. The molecule has 2 atom stereocenters. The number of carbonyl (C=O) groups excluding carboxylic acids is 2. The van der Waals surface area contributed by atoms with E-state index >= 15 is 0 Å². The van der Waals surface area contributed by atoms with Crippen molar-refractivity contribution in [1.82, 2.24) is 9.38 Å². The number of fused-ring (bicyclic) bond motifs is 1. The Bertz CT molecular complexity index is 904. The van der Waals surface area contributed by atoms with E-state index in [4.69, 9.17) is 0 Å². The minimum atomic E-state index is -0.975. The Kier molecular flexibility index (Phi) is 3.23. The predicted molar refractivity (Wildman–Crippen MR) is 85.7 cm³/mol. The Morgan fingerprint density at radius 3 is 2.78 bits per heavy atom. The van der Waals surface area contributed by atoms with E-state index in [0.29, 0.717) is 29.2 Å². The Morgan fingerprint density at radius 2 is 2.13 bits per heavy atom. The van der Waals surface area contributed by atoms with E-state index in [1.54, 1.807) is 12.3 Å². The van der Waals surface area contributed by atoms with Crippen LogP contribution >= 0.6 is 11.3 Å². The van der Waals surface area contributed by atoms with Crippen LogP contribution in [0.4, 0.5) is 10.2 Å². The van der Waals surface area contributed by atoms with E-state index in [9.17, 15) is 14.0 Å². The highest BCUT2D eigenvalue weighted by Crippen LogP contribution is 2.35. The quantitative estimate of drug-likeness (QED) is 0.676. The molecule has 116 valence electrons. The molecule has 23 heavy (non-hydrogen) atoms. The largest absolute Gasteiger partial charge is 0.297 e. The van der Waals surface area contributed by atoms with E-state index < -0.39 is 12.2 Å². The van der Waals surface area contributed by atoms with Crippen LogP contribution in [-0.4, -0.2) is 34.3 Å². The van der Waals surface area contributed by atoms with Gasteiger partial charge in [0, 0.05) is 6.42 Å². The Balaban J connectivity index is 1.81. The Hall–Kier alpha value is -2.54. The summed E-state index contributed by atoms with van der Waals surface area (Å²) in [6.07, 6.45) is 2.55. The summed E-state index contributed by atoms with van der Waals surface area (Å²) in [5.41, 5.74) is 1.54. The number of alkyl halides is 1. The summed E-state index contributed by atoms with van der Waals surface area (Å²) in [6.45, 7) is 0. The first-order chi connectivity index (χ1) is 11.2. The summed E-state index contributed by atoms with van der Waals surface area (Å²) in [7, 11) is 0. The molecule has 0 aromatic carbocycles. The maximum Gasteiger partial charge on any atom is 0.215 e. The lowest BCUT2D eigenvalue weighted by Gasteiger charge is -2.11. The molecule has 3 heterocycles. The third kappa shape index (κ3) is 2.33. The molecule has 5 nitrogen and oxygen atoms in total. The molecule has 0 unspecified atom stereocenters. The second-order valence-electron chi connectivity index (χ2n) is 5.39. The second-order valence-corrected chi connectivity index (χ2v) is 6.51. The average molecular weight is 329 g/mol. The minimum Gasteiger partial charge on any atom is -0.297 e. The van der Waals surface area contributed by atoms with Crippen LogP contribution in [0.15, 0.2) is 36.5 Å². The van der Waals surface area contributed by atoms with Gasteiger partial charge in [-0.25, -0.2) is 9.37 Å². The van der Waals surface area contributed by atoms with Crippen molar-refractivity contribution in [3.63, 3.8) is 0 Å². The van der Waals surface area contributed by atoms with Crippen LogP contribution in [0.1, 0.15) is 16.1 Å². The molecule has 1 aliphatic rings. The highest BCUT2D eigenvalue weighted by molar-refractivity contribution is 7.17. The van der Waals surface area contributed by atoms with E-state index in [-0.39, 0.29) is 0 Å². The van der Waals surface area contributed by atoms with Gasteiger partial charge >= 0.3 is 0 Å².